The summed E-state index contributed by atoms with van der Waals surface area (Å²) in [6.45, 7) is 5.44. The highest BCUT2D eigenvalue weighted by molar-refractivity contribution is 5.56. The number of nitrogens with one attached hydrogen (secondary N) is 1. The minimum atomic E-state index is 0.439. The molecule has 24 heavy (non-hydrogen) atoms. The molecule has 1 amide bonds. The zero-order valence-electron chi connectivity index (χ0n) is 13.6. The molecule has 2 heterocycles. The van der Waals surface area contributed by atoms with Crippen LogP contribution in [0.2, 0.25) is 0 Å². The number of amides is 1. The summed E-state index contributed by atoms with van der Waals surface area (Å²) < 4.78 is 5.42. The van der Waals surface area contributed by atoms with Gasteiger partial charge in [0.2, 0.25) is 12.4 Å². The van der Waals surface area contributed by atoms with Crippen LogP contribution in [0.1, 0.15) is 6.92 Å². The highest BCUT2D eigenvalue weighted by atomic mass is 16.5. The van der Waals surface area contributed by atoms with Crippen LogP contribution in [0, 0.1) is 0 Å². The van der Waals surface area contributed by atoms with E-state index < -0.39 is 0 Å². The Morgan fingerprint density at radius 3 is 2.62 bits per heavy atom. The Morgan fingerprint density at radius 1 is 1.21 bits per heavy atom. The van der Waals surface area contributed by atoms with E-state index >= 15 is 0 Å². The third-order valence-corrected chi connectivity index (χ3v) is 3.75. The minimum Gasteiger partial charge on any atom is -0.494 e. The number of aromatic nitrogens is 3. The number of carbonyl (C=O) groups excluding carboxylic acids is 1. The number of hydrogen-bond donors (Lipinski definition) is 1. The lowest BCUT2D eigenvalue weighted by Crippen LogP contribution is -2.46. The molecule has 1 aromatic heterocycles. The first-order valence-corrected chi connectivity index (χ1v) is 7.92. The van der Waals surface area contributed by atoms with E-state index in [0.717, 1.165) is 36.8 Å². The van der Waals surface area contributed by atoms with Crippen LogP contribution in [0.15, 0.2) is 30.5 Å². The highest BCUT2D eigenvalue weighted by Gasteiger charge is 2.17. The van der Waals surface area contributed by atoms with Gasteiger partial charge >= 0.3 is 0 Å². The molecule has 8 nitrogen and oxygen atoms in total. The Balaban J connectivity index is 1.65. The maximum Gasteiger partial charge on any atom is 0.249 e. The van der Waals surface area contributed by atoms with Gasteiger partial charge in [0.1, 0.15) is 5.75 Å². The van der Waals surface area contributed by atoms with Crippen LogP contribution in [-0.2, 0) is 4.79 Å². The summed E-state index contributed by atoms with van der Waals surface area (Å²) in [7, 11) is 0. The lowest BCUT2D eigenvalue weighted by atomic mass is 10.3. The smallest absolute Gasteiger partial charge is 0.249 e. The van der Waals surface area contributed by atoms with Crippen LogP contribution >= 0.6 is 0 Å². The SMILES string of the molecule is CCOc1ccc(Nc2nncc(N3CCN(C=O)CC3)n2)cc1. The van der Waals surface area contributed by atoms with E-state index in [2.05, 4.69) is 25.4 Å². The van der Waals surface area contributed by atoms with Crippen molar-refractivity contribution < 1.29 is 9.53 Å². The molecule has 1 saturated heterocycles. The van der Waals surface area contributed by atoms with Crippen molar-refractivity contribution in [2.24, 2.45) is 0 Å². The van der Waals surface area contributed by atoms with Gasteiger partial charge in [-0.15, -0.1) is 5.10 Å². The fourth-order valence-corrected chi connectivity index (χ4v) is 2.49. The maximum atomic E-state index is 10.8. The number of ether oxygens (including phenoxy) is 1. The summed E-state index contributed by atoms with van der Waals surface area (Å²) in [4.78, 5) is 19.1. The molecule has 126 valence electrons. The van der Waals surface area contributed by atoms with Crippen molar-refractivity contribution in [1.82, 2.24) is 20.1 Å². The Labute approximate surface area is 140 Å². The summed E-state index contributed by atoms with van der Waals surface area (Å²) in [5, 5.41) is 11.2. The molecular weight excluding hydrogens is 308 g/mol. The summed E-state index contributed by atoms with van der Waals surface area (Å²) >= 11 is 0. The number of nitrogens with zero attached hydrogens (tertiary/aromatic N) is 5. The zero-order chi connectivity index (χ0) is 16.8. The molecule has 0 unspecified atom stereocenters. The van der Waals surface area contributed by atoms with Gasteiger partial charge in [0.15, 0.2) is 5.82 Å². The van der Waals surface area contributed by atoms with E-state index in [1.165, 1.54) is 0 Å². The van der Waals surface area contributed by atoms with E-state index in [1.54, 1.807) is 11.1 Å². The van der Waals surface area contributed by atoms with E-state index in [1.807, 2.05) is 31.2 Å². The van der Waals surface area contributed by atoms with Crippen molar-refractivity contribution in [2.75, 3.05) is 43.0 Å². The number of piperazine rings is 1. The number of rotatable bonds is 6. The van der Waals surface area contributed by atoms with E-state index in [9.17, 15) is 4.79 Å². The van der Waals surface area contributed by atoms with Crippen LogP contribution in [0.4, 0.5) is 17.5 Å². The van der Waals surface area contributed by atoms with Gasteiger partial charge in [-0.2, -0.15) is 10.1 Å². The van der Waals surface area contributed by atoms with Crippen LogP contribution in [0.5, 0.6) is 5.75 Å². The molecule has 1 aliphatic heterocycles. The normalized spacial score (nSPS) is 14.4. The van der Waals surface area contributed by atoms with E-state index in [-0.39, 0.29) is 0 Å². The molecule has 1 N–H and O–H groups in total. The molecule has 1 fully saturated rings. The fourth-order valence-electron chi connectivity index (χ4n) is 2.49. The standard InChI is InChI=1S/C16H20N6O2/c1-2-24-14-5-3-13(4-6-14)18-16-19-15(11-17-20-16)22-9-7-21(12-23)8-10-22/h3-6,11-12H,2,7-10H2,1H3,(H,18,19,20). The minimum absolute atomic E-state index is 0.439. The van der Waals surface area contributed by atoms with Crippen molar-refractivity contribution in [3.63, 3.8) is 0 Å². The summed E-state index contributed by atoms with van der Waals surface area (Å²) in [5.41, 5.74) is 0.864. The number of carbonyl (C=O) groups is 1. The average molecular weight is 328 g/mol. The molecule has 0 radical (unpaired) electrons. The summed E-state index contributed by atoms with van der Waals surface area (Å²) in [5.74, 6) is 2.02. The van der Waals surface area contributed by atoms with Crippen LogP contribution in [-0.4, -0.2) is 59.3 Å². The highest BCUT2D eigenvalue weighted by Crippen LogP contribution is 2.19. The lowest BCUT2D eigenvalue weighted by molar-refractivity contribution is -0.118. The second-order valence-electron chi connectivity index (χ2n) is 5.35. The topological polar surface area (TPSA) is 83.5 Å². The molecule has 2 aromatic rings. The van der Waals surface area contributed by atoms with Crippen molar-refractivity contribution in [3.8, 4) is 5.75 Å². The molecule has 0 aliphatic carbocycles. The van der Waals surface area contributed by atoms with Gasteiger partial charge in [-0.3, -0.25) is 4.79 Å². The van der Waals surface area contributed by atoms with E-state index in [4.69, 9.17) is 4.74 Å². The second-order valence-corrected chi connectivity index (χ2v) is 5.35. The van der Waals surface area contributed by atoms with Crippen LogP contribution in [0.3, 0.4) is 0 Å². The third-order valence-electron chi connectivity index (χ3n) is 3.75. The van der Waals surface area contributed by atoms with Crippen LogP contribution < -0.4 is 15.0 Å². The van der Waals surface area contributed by atoms with Gasteiger partial charge in [-0.05, 0) is 31.2 Å². The molecule has 1 aromatic carbocycles. The fraction of sp³-hybridized carbons (Fsp3) is 0.375. The monoisotopic (exact) mass is 328 g/mol. The Morgan fingerprint density at radius 2 is 1.96 bits per heavy atom. The Kier molecular flexibility index (Phi) is 5.05. The predicted octanol–water partition coefficient (Wildman–Crippen LogP) is 1.29. The molecule has 0 saturated carbocycles. The molecular formula is C16H20N6O2. The van der Waals surface area contributed by atoms with E-state index in [0.29, 0.717) is 25.6 Å². The number of hydrogen-bond acceptors (Lipinski definition) is 7. The first kappa shape index (κ1) is 16.0. The zero-order valence-corrected chi connectivity index (χ0v) is 13.6. The second kappa shape index (κ2) is 7.58. The first-order valence-electron chi connectivity index (χ1n) is 7.92. The lowest BCUT2D eigenvalue weighted by Gasteiger charge is -2.33. The molecule has 0 bridgehead atoms. The van der Waals surface area contributed by atoms with Crippen molar-refractivity contribution in [1.29, 1.82) is 0 Å². The molecule has 0 spiro atoms. The van der Waals surface area contributed by atoms with Gasteiger partial charge in [0.05, 0.1) is 12.8 Å². The van der Waals surface area contributed by atoms with Gasteiger partial charge in [0.25, 0.3) is 0 Å². The summed E-state index contributed by atoms with van der Waals surface area (Å²) in [6.07, 6.45) is 2.52. The molecule has 1 aliphatic rings. The average Bonchev–Trinajstić information content (AvgIpc) is 2.64. The van der Waals surface area contributed by atoms with Crippen molar-refractivity contribution in [3.05, 3.63) is 30.5 Å². The van der Waals surface area contributed by atoms with Gasteiger partial charge in [-0.1, -0.05) is 0 Å². The van der Waals surface area contributed by atoms with Gasteiger partial charge in [0, 0.05) is 31.9 Å². The number of anilines is 3. The van der Waals surface area contributed by atoms with Crippen molar-refractivity contribution >= 4 is 23.9 Å². The molecule has 3 rings (SSSR count). The Bertz CT molecular complexity index is 671. The van der Waals surface area contributed by atoms with Gasteiger partial charge in [-0.25, -0.2) is 0 Å². The molecule has 8 heteroatoms. The van der Waals surface area contributed by atoms with Crippen molar-refractivity contribution in [2.45, 2.75) is 6.92 Å². The van der Waals surface area contributed by atoms with Crippen LogP contribution in [0.25, 0.3) is 0 Å². The molecule has 0 atom stereocenters. The van der Waals surface area contributed by atoms with Gasteiger partial charge < -0.3 is 19.9 Å². The first-order chi connectivity index (χ1) is 11.8. The summed E-state index contributed by atoms with van der Waals surface area (Å²) in [6, 6.07) is 7.59. The largest absolute Gasteiger partial charge is 0.494 e. The predicted molar refractivity (Wildman–Crippen MR) is 90.6 cm³/mol. The Hall–Kier alpha value is -2.90. The third kappa shape index (κ3) is 3.89. The number of benzene rings is 1. The maximum absolute atomic E-state index is 10.8. The quantitative estimate of drug-likeness (QED) is 0.800.